The summed E-state index contributed by atoms with van der Waals surface area (Å²) in [6.07, 6.45) is 3.57. The molecule has 1 spiro atoms. The van der Waals surface area contributed by atoms with Crippen LogP contribution in [-0.2, 0) is 4.79 Å². The maximum Gasteiger partial charge on any atom is 0.162 e. The van der Waals surface area contributed by atoms with Crippen molar-refractivity contribution in [3.63, 3.8) is 0 Å². The molecule has 2 aliphatic heterocycles. The molecule has 0 radical (unpaired) electrons. The van der Waals surface area contributed by atoms with Gasteiger partial charge in [0.25, 0.3) is 0 Å². The smallest absolute Gasteiger partial charge is 0.162 e. The van der Waals surface area contributed by atoms with Crippen LogP contribution in [0.2, 0.25) is 0 Å². The van der Waals surface area contributed by atoms with Gasteiger partial charge in [-0.05, 0) is 36.2 Å². The van der Waals surface area contributed by atoms with Crippen molar-refractivity contribution in [3.8, 4) is 0 Å². The summed E-state index contributed by atoms with van der Waals surface area (Å²) >= 11 is 0. The highest BCUT2D eigenvalue weighted by molar-refractivity contribution is 6.00. The summed E-state index contributed by atoms with van der Waals surface area (Å²) in [4.78, 5) is 13.1. The summed E-state index contributed by atoms with van der Waals surface area (Å²) < 4.78 is 0. The van der Waals surface area contributed by atoms with E-state index in [0.717, 1.165) is 36.4 Å². The molecule has 1 fully saturated rings. The number of nitrogens with one attached hydrogen (secondary N) is 1. The highest BCUT2D eigenvalue weighted by Gasteiger charge is 2.57. The number of carbonyl (C=O) groups is 1. The molecule has 0 unspecified atom stereocenters. The Labute approximate surface area is 148 Å². The highest BCUT2D eigenvalue weighted by Crippen LogP contribution is 2.64. The standard InChI is InChI=1S/C21H23N3O/c1-20(2)10-16-18(17(25)11-20)21(15-12-22-24-19(15)23-16)8-14(9-21)13-6-4-3-5-7-13/h3-7,14,23H,8-12H2,1-2H3. The van der Waals surface area contributed by atoms with Gasteiger partial charge in [0.05, 0.1) is 6.54 Å². The number of fused-ring (bicyclic) bond motifs is 2. The van der Waals surface area contributed by atoms with E-state index in [1.54, 1.807) is 0 Å². The van der Waals surface area contributed by atoms with Crippen LogP contribution in [0.15, 0.2) is 63.2 Å². The first-order valence-electron chi connectivity index (χ1n) is 9.18. The van der Waals surface area contributed by atoms with Crippen molar-refractivity contribution in [2.45, 2.75) is 45.4 Å². The van der Waals surface area contributed by atoms with Gasteiger partial charge in [0, 0.05) is 28.7 Å². The van der Waals surface area contributed by atoms with Gasteiger partial charge in [-0.3, -0.25) is 4.79 Å². The molecule has 1 aromatic rings. The van der Waals surface area contributed by atoms with Gasteiger partial charge in [-0.25, -0.2) is 0 Å². The molecular weight excluding hydrogens is 310 g/mol. The summed E-state index contributed by atoms with van der Waals surface area (Å²) in [6, 6.07) is 10.7. The molecule has 25 heavy (non-hydrogen) atoms. The zero-order valence-corrected chi connectivity index (χ0v) is 14.8. The van der Waals surface area contributed by atoms with Crippen LogP contribution in [0.3, 0.4) is 0 Å². The van der Waals surface area contributed by atoms with Gasteiger partial charge in [0.15, 0.2) is 11.6 Å². The maximum absolute atomic E-state index is 13.1. The number of azo groups is 1. The quantitative estimate of drug-likeness (QED) is 0.824. The first kappa shape index (κ1) is 15.1. The fourth-order valence-electron chi connectivity index (χ4n) is 5.26. The second-order valence-electron chi connectivity index (χ2n) is 8.74. The summed E-state index contributed by atoms with van der Waals surface area (Å²) in [5, 5.41) is 12.1. The molecule has 0 saturated heterocycles. The summed E-state index contributed by atoms with van der Waals surface area (Å²) in [5.74, 6) is 1.75. The Morgan fingerprint density at radius 2 is 1.88 bits per heavy atom. The summed E-state index contributed by atoms with van der Waals surface area (Å²) in [7, 11) is 0. The Bertz CT molecular complexity index is 854. The third-order valence-electron chi connectivity index (χ3n) is 6.35. The Morgan fingerprint density at radius 1 is 1.12 bits per heavy atom. The molecule has 128 valence electrons. The van der Waals surface area contributed by atoms with E-state index >= 15 is 0 Å². The molecule has 1 saturated carbocycles. The molecule has 2 heterocycles. The van der Waals surface area contributed by atoms with Crippen LogP contribution in [0, 0.1) is 10.8 Å². The van der Waals surface area contributed by atoms with Crippen LogP contribution in [0.5, 0.6) is 0 Å². The number of hydrogen-bond acceptors (Lipinski definition) is 4. The van der Waals surface area contributed by atoms with Crippen molar-refractivity contribution in [2.75, 3.05) is 6.54 Å². The summed E-state index contributed by atoms with van der Waals surface area (Å²) in [5.41, 5.74) is 4.66. The number of allylic oxidation sites excluding steroid dienone is 2. The van der Waals surface area contributed by atoms with Crippen molar-refractivity contribution >= 4 is 5.78 Å². The number of nitrogens with zero attached hydrogens (tertiary/aromatic N) is 2. The van der Waals surface area contributed by atoms with E-state index < -0.39 is 0 Å². The predicted octanol–water partition coefficient (Wildman–Crippen LogP) is 4.47. The summed E-state index contributed by atoms with van der Waals surface area (Å²) in [6.45, 7) is 4.99. The average Bonchev–Trinajstić information content (AvgIpc) is 2.98. The van der Waals surface area contributed by atoms with E-state index in [1.807, 2.05) is 0 Å². The largest absolute Gasteiger partial charge is 0.342 e. The molecule has 5 rings (SSSR count). The number of hydrogen-bond donors (Lipinski definition) is 1. The number of rotatable bonds is 1. The van der Waals surface area contributed by atoms with E-state index in [9.17, 15) is 4.79 Å². The topological polar surface area (TPSA) is 53.8 Å². The molecular formula is C21H23N3O. The first-order valence-corrected chi connectivity index (χ1v) is 9.18. The molecule has 0 atom stereocenters. The highest BCUT2D eigenvalue weighted by atomic mass is 16.1. The van der Waals surface area contributed by atoms with Crippen LogP contribution >= 0.6 is 0 Å². The Kier molecular flexibility index (Phi) is 2.95. The fraction of sp³-hybridized carbons (Fsp3) is 0.476. The van der Waals surface area contributed by atoms with Crippen molar-refractivity contribution in [1.29, 1.82) is 0 Å². The van der Waals surface area contributed by atoms with Gasteiger partial charge in [-0.15, -0.1) is 5.11 Å². The van der Waals surface area contributed by atoms with Crippen molar-refractivity contribution in [1.82, 2.24) is 5.32 Å². The normalized spacial score (nSPS) is 32.4. The monoisotopic (exact) mass is 333 g/mol. The van der Waals surface area contributed by atoms with Crippen LogP contribution < -0.4 is 5.32 Å². The van der Waals surface area contributed by atoms with Crippen LogP contribution in [-0.4, -0.2) is 12.3 Å². The molecule has 0 bridgehead atoms. The SMILES string of the molecule is CC1(C)CC(=O)C2=C(C1)NC1=C(CN=N1)C21CC(c2ccccc2)C1. The van der Waals surface area contributed by atoms with E-state index in [-0.39, 0.29) is 10.8 Å². The fourth-order valence-corrected chi connectivity index (χ4v) is 5.26. The van der Waals surface area contributed by atoms with Crippen molar-refractivity contribution in [3.05, 3.63) is 58.6 Å². The molecule has 0 amide bonds. The molecule has 0 aromatic heterocycles. The van der Waals surface area contributed by atoms with Gasteiger partial charge in [-0.1, -0.05) is 44.2 Å². The zero-order valence-electron chi connectivity index (χ0n) is 14.8. The second kappa shape index (κ2) is 4.90. The molecule has 1 N–H and O–H groups in total. The van der Waals surface area contributed by atoms with Gasteiger partial charge < -0.3 is 5.32 Å². The Hall–Kier alpha value is -2.23. The van der Waals surface area contributed by atoms with Gasteiger partial charge in [0.1, 0.15) is 0 Å². The number of dihydropyridines is 1. The van der Waals surface area contributed by atoms with E-state index in [2.05, 4.69) is 59.7 Å². The predicted molar refractivity (Wildman–Crippen MR) is 95.8 cm³/mol. The second-order valence-corrected chi connectivity index (χ2v) is 8.74. The van der Waals surface area contributed by atoms with Crippen LogP contribution in [0.25, 0.3) is 0 Å². The first-order chi connectivity index (χ1) is 12.0. The van der Waals surface area contributed by atoms with Gasteiger partial charge in [-0.2, -0.15) is 5.11 Å². The van der Waals surface area contributed by atoms with E-state index in [1.165, 1.54) is 11.1 Å². The molecule has 4 heteroatoms. The maximum atomic E-state index is 13.1. The van der Waals surface area contributed by atoms with Crippen molar-refractivity contribution in [2.24, 2.45) is 21.1 Å². The zero-order chi connectivity index (χ0) is 17.2. The third-order valence-corrected chi connectivity index (χ3v) is 6.35. The number of ketones is 1. The Balaban J connectivity index is 1.56. The molecule has 4 aliphatic rings. The number of carbonyl (C=O) groups excluding carboxylic acids is 1. The lowest BCUT2D eigenvalue weighted by atomic mass is 9.50. The van der Waals surface area contributed by atoms with Crippen LogP contribution in [0.4, 0.5) is 0 Å². The van der Waals surface area contributed by atoms with Crippen molar-refractivity contribution < 1.29 is 4.79 Å². The minimum atomic E-state index is -0.131. The van der Waals surface area contributed by atoms with Gasteiger partial charge in [0.2, 0.25) is 0 Å². The lowest BCUT2D eigenvalue weighted by molar-refractivity contribution is -0.120. The Morgan fingerprint density at radius 3 is 2.64 bits per heavy atom. The van der Waals surface area contributed by atoms with Gasteiger partial charge >= 0.3 is 0 Å². The number of benzene rings is 1. The van der Waals surface area contributed by atoms with E-state index in [4.69, 9.17) is 0 Å². The number of Topliss-reactive ketones (excluding diaryl/α,β-unsaturated/α-hetero) is 1. The molecule has 1 aromatic carbocycles. The van der Waals surface area contributed by atoms with E-state index in [0.29, 0.717) is 24.7 Å². The average molecular weight is 333 g/mol. The third kappa shape index (κ3) is 2.09. The minimum Gasteiger partial charge on any atom is -0.342 e. The molecule has 4 nitrogen and oxygen atoms in total. The molecule has 2 aliphatic carbocycles. The minimum absolute atomic E-state index is 0.0144. The lowest BCUT2D eigenvalue weighted by Gasteiger charge is -2.54. The lowest BCUT2D eigenvalue weighted by Crippen LogP contribution is -2.49. The van der Waals surface area contributed by atoms with Crippen LogP contribution in [0.1, 0.15) is 51.0 Å².